The third-order valence-electron chi connectivity index (χ3n) is 5.77. The summed E-state index contributed by atoms with van der Waals surface area (Å²) in [4.78, 5) is 34.1. The fraction of sp³-hybridized carbons (Fsp3) is 0.409. The zero-order valence-corrected chi connectivity index (χ0v) is 18.7. The first-order chi connectivity index (χ1) is 14.9. The molecule has 2 aliphatic heterocycles. The first kappa shape index (κ1) is 21.9. The summed E-state index contributed by atoms with van der Waals surface area (Å²) >= 11 is 12.1. The lowest BCUT2D eigenvalue weighted by Gasteiger charge is -2.42. The van der Waals surface area contributed by atoms with Crippen LogP contribution in [0, 0.1) is 0 Å². The van der Waals surface area contributed by atoms with Gasteiger partial charge >= 0.3 is 0 Å². The van der Waals surface area contributed by atoms with Crippen LogP contribution in [0.5, 0.6) is 11.6 Å². The van der Waals surface area contributed by atoms with Crippen LogP contribution in [0.2, 0.25) is 10.0 Å². The normalized spacial score (nSPS) is 20.9. The van der Waals surface area contributed by atoms with Crippen molar-refractivity contribution in [1.82, 2.24) is 20.1 Å². The molecule has 0 radical (unpaired) electrons. The number of halogens is 2. The zero-order valence-electron chi connectivity index (χ0n) is 17.2. The molecule has 2 saturated heterocycles. The van der Waals surface area contributed by atoms with E-state index < -0.39 is 5.91 Å². The molecule has 1 N–H and O–H groups in total. The van der Waals surface area contributed by atoms with E-state index in [0.717, 1.165) is 19.5 Å². The molecule has 2 amide bonds. The highest BCUT2D eigenvalue weighted by Crippen LogP contribution is 2.32. The topological polar surface area (TPSA) is 74.8 Å². The summed E-state index contributed by atoms with van der Waals surface area (Å²) in [5.41, 5.74) is 0.218. The summed E-state index contributed by atoms with van der Waals surface area (Å²) in [7, 11) is 0. The van der Waals surface area contributed by atoms with Crippen molar-refractivity contribution in [3.8, 4) is 11.6 Å². The molecule has 0 saturated carbocycles. The second kappa shape index (κ2) is 9.42. The van der Waals surface area contributed by atoms with Crippen LogP contribution in [0.4, 0.5) is 0 Å². The van der Waals surface area contributed by atoms with Crippen molar-refractivity contribution in [2.45, 2.75) is 31.8 Å². The van der Waals surface area contributed by atoms with Crippen molar-refractivity contribution < 1.29 is 14.3 Å². The standard InChI is InChI=1S/C22H24Cl2N4O3/c1-14-12-27-9-3-4-16(27)13-28(14)20(29)11-26-21(30)17-5-2-8-25-22(17)31-19-7-6-15(23)10-18(19)24/h2,5-8,10,14,16H,3-4,9,11-13H2,1H3,(H,26,30). The van der Waals surface area contributed by atoms with Crippen molar-refractivity contribution in [3.05, 3.63) is 52.1 Å². The number of piperazine rings is 1. The maximum atomic E-state index is 12.8. The SMILES string of the molecule is CC1CN2CCCC2CN1C(=O)CNC(=O)c1cccnc1Oc1ccc(Cl)cc1Cl. The fourth-order valence-corrected chi connectivity index (χ4v) is 4.64. The first-order valence-corrected chi connectivity index (χ1v) is 11.1. The zero-order chi connectivity index (χ0) is 22.0. The van der Waals surface area contributed by atoms with E-state index in [-0.39, 0.29) is 29.9 Å². The van der Waals surface area contributed by atoms with E-state index >= 15 is 0 Å². The molecule has 2 aliphatic rings. The molecule has 1 aromatic heterocycles. The summed E-state index contributed by atoms with van der Waals surface area (Å²) < 4.78 is 5.74. The van der Waals surface area contributed by atoms with Crippen molar-refractivity contribution in [3.63, 3.8) is 0 Å². The maximum Gasteiger partial charge on any atom is 0.257 e. The molecular weight excluding hydrogens is 439 g/mol. The van der Waals surface area contributed by atoms with E-state index in [1.165, 1.54) is 12.6 Å². The molecule has 2 unspecified atom stereocenters. The molecule has 3 heterocycles. The number of amides is 2. The van der Waals surface area contributed by atoms with Gasteiger partial charge in [-0.15, -0.1) is 0 Å². The van der Waals surface area contributed by atoms with Crippen LogP contribution < -0.4 is 10.1 Å². The number of benzene rings is 1. The summed E-state index contributed by atoms with van der Waals surface area (Å²) in [5.74, 6) is -0.0871. The second-order valence-electron chi connectivity index (χ2n) is 7.90. The predicted octanol–water partition coefficient (Wildman–Crippen LogP) is 3.61. The number of aromatic nitrogens is 1. The quantitative estimate of drug-likeness (QED) is 0.734. The number of ether oxygens (including phenoxy) is 1. The molecule has 1 aromatic carbocycles. The average molecular weight is 463 g/mol. The molecule has 9 heteroatoms. The third kappa shape index (κ3) is 4.95. The van der Waals surface area contributed by atoms with Gasteiger partial charge in [0.2, 0.25) is 11.8 Å². The van der Waals surface area contributed by atoms with Gasteiger partial charge in [-0.2, -0.15) is 0 Å². The summed E-state index contributed by atoms with van der Waals surface area (Å²) in [6, 6.07) is 8.57. The minimum absolute atomic E-state index is 0.0775. The number of nitrogens with one attached hydrogen (secondary N) is 1. The molecule has 0 aliphatic carbocycles. The Balaban J connectivity index is 1.40. The van der Waals surface area contributed by atoms with Gasteiger partial charge in [-0.3, -0.25) is 14.5 Å². The Morgan fingerprint density at radius 1 is 1.26 bits per heavy atom. The minimum atomic E-state index is -0.436. The Morgan fingerprint density at radius 3 is 2.90 bits per heavy atom. The summed E-state index contributed by atoms with van der Waals surface area (Å²) in [5, 5.41) is 3.49. The summed E-state index contributed by atoms with van der Waals surface area (Å²) in [6.45, 7) is 4.68. The minimum Gasteiger partial charge on any atom is -0.437 e. The van der Waals surface area contributed by atoms with Gasteiger partial charge in [0.15, 0.2) is 0 Å². The highest BCUT2D eigenvalue weighted by molar-refractivity contribution is 6.35. The maximum absolute atomic E-state index is 12.8. The van der Waals surface area contributed by atoms with Gasteiger partial charge in [-0.1, -0.05) is 23.2 Å². The summed E-state index contributed by atoms with van der Waals surface area (Å²) in [6.07, 6.45) is 3.81. The number of pyridine rings is 1. The molecule has 2 aromatic rings. The van der Waals surface area contributed by atoms with E-state index in [1.54, 1.807) is 30.3 Å². The van der Waals surface area contributed by atoms with Crippen molar-refractivity contribution >= 4 is 35.0 Å². The second-order valence-corrected chi connectivity index (χ2v) is 8.75. The van der Waals surface area contributed by atoms with E-state index in [1.807, 2.05) is 4.90 Å². The predicted molar refractivity (Wildman–Crippen MR) is 119 cm³/mol. The van der Waals surface area contributed by atoms with Gasteiger partial charge in [-0.25, -0.2) is 4.98 Å². The smallest absolute Gasteiger partial charge is 0.257 e. The Morgan fingerprint density at radius 2 is 2.10 bits per heavy atom. The van der Waals surface area contributed by atoms with Gasteiger partial charge < -0.3 is 15.0 Å². The van der Waals surface area contributed by atoms with Crippen molar-refractivity contribution in [1.29, 1.82) is 0 Å². The number of carbonyl (C=O) groups is 2. The Bertz CT molecular complexity index is 987. The molecule has 4 rings (SSSR count). The Labute approximate surface area is 191 Å². The van der Waals surface area contributed by atoms with Crippen LogP contribution in [0.1, 0.15) is 30.1 Å². The number of rotatable bonds is 5. The lowest BCUT2D eigenvalue weighted by atomic mass is 10.1. The van der Waals surface area contributed by atoms with Gasteiger partial charge in [0.1, 0.15) is 11.3 Å². The number of hydrogen-bond acceptors (Lipinski definition) is 5. The Kier molecular flexibility index (Phi) is 6.65. The highest BCUT2D eigenvalue weighted by Gasteiger charge is 2.36. The highest BCUT2D eigenvalue weighted by atomic mass is 35.5. The average Bonchev–Trinajstić information content (AvgIpc) is 3.20. The monoisotopic (exact) mass is 462 g/mol. The van der Waals surface area contributed by atoms with Gasteiger partial charge in [-0.05, 0) is 56.6 Å². The molecule has 164 valence electrons. The van der Waals surface area contributed by atoms with Crippen LogP contribution in [0.15, 0.2) is 36.5 Å². The molecule has 2 fully saturated rings. The largest absolute Gasteiger partial charge is 0.437 e. The molecule has 0 spiro atoms. The third-order valence-corrected chi connectivity index (χ3v) is 6.30. The number of nitrogens with zero attached hydrogens (tertiary/aromatic N) is 3. The first-order valence-electron chi connectivity index (χ1n) is 10.3. The van der Waals surface area contributed by atoms with Crippen LogP contribution in [0.3, 0.4) is 0 Å². The lowest BCUT2D eigenvalue weighted by Crippen LogP contribution is -2.58. The molecular formula is C22H24Cl2N4O3. The van der Waals surface area contributed by atoms with Crippen molar-refractivity contribution in [2.24, 2.45) is 0 Å². The number of fused-ring (bicyclic) bond motifs is 1. The van der Waals surface area contributed by atoms with E-state index in [9.17, 15) is 9.59 Å². The van der Waals surface area contributed by atoms with Gasteiger partial charge in [0.25, 0.3) is 5.91 Å². The molecule has 31 heavy (non-hydrogen) atoms. The number of carbonyl (C=O) groups excluding carboxylic acids is 2. The fourth-order valence-electron chi connectivity index (χ4n) is 4.19. The molecule has 2 atom stereocenters. The Hall–Kier alpha value is -2.35. The van der Waals surface area contributed by atoms with Gasteiger partial charge in [0, 0.05) is 36.4 Å². The van der Waals surface area contributed by atoms with Crippen molar-refractivity contribution in [2.75, 3.05) is 26.2 Å². The lowest BCUT2D eigenvalue weighted by molar-refractivity contribution is -0.135. The van der Waals surface area contributed by atoms with Crippen LogP contribution in [-0.2, 0) is 4.79 Å². The van der Waals surface area contributed by atoms with E-state index in [4.69, 9.17) is 27.9 Å². The van der Waals surface area contributed by atoms with Crippen LogP contribution in [-0.4, -0.2) is 64.9 Å². The van der Waals surface area contributed by atoms with Crippen LogP contribution in [0.25, 0.3) is 0 Å². The molecule has 7 nitrogen and oxygen atoms in total. The van der Waals surface area contributed by atoms with Crippen LogP contribution >= 0.6 is 23.2 Å². The number of hydrogen-bond donors (Lipinski definition) is 1. The van der Waals surface area contributed by atoms with E-state index in [0.29, 0.717) is 28.4 Å². The molecule has 0 bridgehead atoms. The van der Waals surface area contributed by atoms with E-state index in [2.05, 4.69) is 22.1 Å². The van der Waals surface area contributed by atoms with Gasteiger partial charge in [0.05, 0.1) is 11.6 Å².